The second-order valence-electron chi connectivity index (χ2n) is 20.1. The number of fused-ring (bicyclic) bond motifs is 13. The zero-order valence-electron chi connectivity index (χ0n) is 56.3. The zero-order chi connectivity index (χ0) is 64.0. The summed E-state index contributed by atoms with van der Waals surface area (Å²) in [5.41, 5.74) is 11.9. The van der Waals surface area contributed by atoms with Crippen LogP contribution in [0.15, 0.2) is 254 Å². The smallest absolute Gasteiger partial charge is 0.256 e. The molecule has 4 heterocycles. The Morgan fingerprint density at radius 2 is 1.21 bits per heavy atom. The highest BCUT2D eigenvalue weighted by molar-refractivity contribution is 7.26. The lowest BCUT2D eigenvalue weighted by Crippen LogP contribution is -2.59. The van der Waals surface area contributed by atoms with Gasteiger partial charge >= 0.3 is 0 Å². The molecule has 1 aliphatic carbocycles. The summed E-state index contributed by atoms with van der Waals surface area (Å²) < 4.78 is 149. The van der Waals surface area contributed by atoms with Gasteiger partial charge in [-0.15, -0.1) is 11.3 Å². The molecular weight excluding hydrogens is 954 g/mol. The molecule has 6 heteroatoms. The minimum absolute atomic E-state index is 0.0344. The minimum atomic E-state index is -0.867. The second kappa shape index (κ2) is 16.8. The standard InChI is InChI=1S/C71H48BN3OS/c1-71(2)58-32-17-15-30-56(58)68-66(71)57-31-16-18-33-61(57)75(68)53-42-63-67-64(43-53)76-69-60(39-37-55-54-36-35-52(44-65(54)77-70(55)69)73(49-25-11-5-12-26-49)50-27-13-6-14-28-50)72(67)59-38-34-48(46-22-9-4-10-23-46)41-62(59)74(63)51-29-19-24-47(40-51)45-20-7-3-8-21-45/h3-44H,1-2H3/i5D,6D,11D,12D,13D,14D,25D,26D,27D,28D,35D,36D,37D,39D,44D. The van der Waals surface area contributed by atoms with E-state index >= 15 is 0 Å². The minimum Gasteiger partial charge on any atom is -0.457 e. The molecule has 0 saturated heterocycles. The highest BCUT2D eigenvalue weighted by Gasteiger charge is 2.45. The van der Waals surface area contributed by atoms with E-state index in [-0.39, 0.29) is 38.0 Å². The molecule has 0 radical (unpaired) electrons. The SMILES string of the molecule is [2H]c1c([2H])c([2H])c(N(c2c([2H])c([2H])c([2H])c([2H])c2[2H])c2c([2H])c([2H])c3c(sc4c5c(c([2H])c([2H])c43)B3c4ccc(-c6ccccc6)cc4N(c4cccc(-c6ccccc6)c4)c4cc(-n6c7c(c8ccccc86)C(C)(C)c6ccccc6-7)cc(c43)O5)c2[2H])c([2H])c1[2H]. The topological polar surface area (TPSA) is 20.6 Å². The van der Waals surface area contributed by atoms with Crippen LogP contribution in [-0.4, -0.2) is 11.3 Å². The van der Waals surface area contributed by atoms with Crippen molar-refractivity contribution < 1.29 is 25.3 Å². The molecule has 0 atom stereocenters. The molecule has 0 amide bonds. The average Bonchev–Trinajstić information content (AvgIpc) is 1.31. The molecule has 0 spiro atoms. The van der Waals surface area contributed by atoms with Crippen molar-refractivity contribution in [2.45, 2.75) is 19.3 Å². The van der Waals surface area contributed by atoms with Crippen LogP contribution in [0.5, 0.6) is 11.5 Å². The number of hydrogen-bond donors (Lipinski definition) is 0. The molecule has 3 aliphatic rings. The van der Waals surface area contributed by atoms with E-state index in [0.29, 0.717) is 11.2 Å². The van der Waals surface area contributed by atoms with Gasteiger partial charge in [0.15, 0.2) is 0 Å². The number of anilines is 6. The molecular formula is C71H48BN3OS. The Morgan fingerprint density at radius 1 is 0.532 bits per heavy atom. The zero-order valence-corrected chi connectivity index (χ0v) is 42.1. The van der Waals surface area contributed by atoms with Crippen molar-refractivity contribution in [3.63, 3.8) is 0 Å². The molecule has 362 valence electrons. The van der Waals surface area contributed by atoms with Crippen LogP contribution in [0.4, 0.5) is 34.1 Å². The first kappa shape index (κ1) is 31.5. The number of aromatic nitrogens is 1. The predicted octanol–water partition coefficient (Wildman–Crippen LogP) is 17.5. The van der Waals surface area contributed by atoms with Gasteiger partial charge in [-0.1, -0.05) is 196 Å². The molecule has 0 N–H and O–H groups in total. The summed E-state index contributed by atoms with van der Waals surface area (Å²) in [6.45, 7) is 3.74. The normalized spacial score (nSPS) is 16.2. The fourth-order valence-electron chi connectivity index (χ4n) is 12.2. The van der Waals surface area contributed by atoms with Crippen LogP contribution in [0.3, 0.4) is 0 Å². The largest absolute Gasteiger partial charge is 0.457 e. The Labute approximate surface area is 473 Å². The molecule has 0 bridgehead atoms. The average molecular weight is 1020 g/mol. The van der Waals surface area contributed by atoms with Crippen molar-refractivity contribution in [3.8, 4) is 50.7 Å². The van der Waals surface area contributed by atoms with Gasteiger partial charge in [0.1, 0.15) is 11.5 Å². The maximum atomic E-state index is 10.3. The van der Waals surface area contributed by atoms with Crippen molar-refractivity contribution in [2.75, 3.05) is 9.80 Å². The summed E-state index contributed by atoms with van der Waals surface area (Å²) in [5, 5.41) is 1.04. The van der Waals surface area contributed by atoms with E-state index in [1.807, 2.05) is 54.6 Å². The van der Waals surface area contributed by atoms with E-state index in [2.05, 4.69) is 133 Å². The number of benzene rings is 11. The van der Waals surface area contributed by atoms with E-state index in [1.54, 1.807) is 0 Å². The van der Waals surface area contributed by atoms with Crippen LogP contribution < -0.4 is 30.9 Å². The Balaban J connectivity index is 1.02. The fraction of sp³-hybridized carbons (Fsp3) is 0.0423. The summed E-state index contributed by atoms with van der Waals surface area (Å²) in [4.78, 5) is 3.00. The Hall–Kier alpha value is -9.36. The monoisotopic (exact) mass is 1020 g/mol. The van der Waals surface area contributed by atoms with Crippen molar-refractivity contribution in [3.05, 3.63) is 266 Å². The molecule has 77 heavy (non-hydrogen) atoms. The number of thiophene rings is 1. The quantitative estimate of drug-likeness (QED) is 0.148. The van der Waals surface area contributed by atoms with Gasteiger partial charge in [-0.2, -0.15) is 0 Å². The maximum Gasteiger partial charge on any atom is 0.256 e. The Kier molecular flexibility index (Phi) is 6.89. The molecule has 0 fully saturated rings. The van der Waals surface area contributed by atoms with E-state index in [9.17, 15) is 12.3 Å². The van der Waals surface area contributed by atoms with Crippen molar-refractivity contribution in [1.82, 2.24) is 4.57 Å². The van der Waals surface area contributed by atoms with Gasteiger partial charge in [-0.25, -0.2) is 0 Å². The summed E-state index contributed by atoms with van der Waals surface area (Å²) in [5.74, 6) is 0.604. The van der Waals surface area contributed by atoms with Crippen molar-refractivity contribution >= 4 is 99.6 Å². The van der Waals surface area contributed by atoms with Crippen LogP contribution in [0, 0.1) is 0 Å². The van der Waals surface area contributed by atoms with E-state index < -0.39 is 108 Å². The highest BCUT2D eigenvalue weighted by atomic mass is 32.1. The maximum absolute atomic E-state index is 10.3. The molecule has 0 saturated carbocycles. The molecule has 0 unspecified atom stereocenters. The number of rotatable bonds is 7. The summed E-state index contributed by atoms with van der Waals surface area (Å²) in [6, 6.07) is 45.2. The Bertz CT molecular complexity index is 5340. The summed E-state index contributed by atoms with van der Waals surface area (Å²) >= 11 is 0.947. The van der Waals surface area contributed by atoms with Gasteiger partial charge in [0, 0.05) is 72.0 Å². The van der Waals surface area contributed by atoms with Crippen LogP contribution in [0.25, 0.3) is 70.3 Å². The predicted molar refractivity (Wildman–Crippen MR) is 325 cm³/mol. The molecule has 2 aromatic heterocycles. The first-order valence-electron chi connectivity index (χ1n) is 32.9. The number of para-hydroxylation sites is 3. The van der Waals surface area contributed by atoms with Gasteiger partial charge in [-0.05, 0) is 116 Å². The molecule has 16 rings (SSSR count). The van der Waals surface area contributed by atoms with Gasteiger partial charge in [0.05, 0.1) is 42.2 Å². The first-order chi connectivity index (χ1) is 44.2. The molecule has 4 nitrogen and oxygen atoms in total. The van der Waals surface area contributed by atoms with Crippen molar-refractivity contribution in [1.29, 1.82) is 0 Å². The third kappa shape index (κ3) is 6.59. The number of nitrogens with zero attached hydrogens (tertiary/aromatic N) is 3. The second-order valence-corrected chi connectivity index (χ2v) is 21.1. The lowest BCUT2D eigenvalue weighted by molar-refractivity contribution is 0.493. The van der Waals surface area contributed by atoms with E-state index in [0.717, 1.165) is 94.3 Å². The number of ether oxygens (including phenoxy) is 1. The van der Waals surface area contributed by atoms with Crippen LogP contribution in [0.1, 0.15) is 45.5 Å². The highest BCUT2D eigenvalue weighted by Crippen LogP contribution is 2.55. The van der Waals surface area contributed by atoms with Crippen molar-refractivity contribution in [2.24, 2.45) is 0 Å². The van der Waals surface area contributed by atoms with Gasteiger partial charge < -0.3 is 19.1 Å². The van der Waals surface area contributed by atoms with Crippen LogP contribution >= 0.6 is 11.3 Å². The summed E-state index contributed by atoms with van der Waals surface area (Å²) in [7, 11) is 0. The van der Waals surface area contributed by atoms with E-state index in [4.69, 9.17) is 13.0 Å². The molecule has 11 aromatic carbocycles. The van der Waals surface area contributed by atoms with Crippen LogP contribution in [0.2, 0.25) is 0 Å². The first-order valence-corrected chi connectivity index (χ1v) is 26.2. The van der Waals surface area contributed by atoms with Gasteiger partial charge in [0.25, 0.3) is 6.71 Å². The van der Waals surface area contributed by atoms with Gasteiger partial charge in [-0.3, -0.25) is 0 Å². The number of hydrogen-bond acceptors (Lipinski definition) is 4. The Morgan fingerprint density at radius 3 is 1.97 bits per heavy atom. The van der Waals surface area contributed by atoms with E-state index in [1.165, 1.54) is 11.1 Å². The lowest BCUT2D eigenvalue weighted by atomic mass is 9.34. The van der Waals surface area contributed by atoms with Crippen LogP contribution in [-0.2, 0) is 5.41 Å². The fourth-order valence-corrected chi connectivity index (χ4v) is 13.3. The molecule has 2 aliphatic heterocycles. The third-order valence-electron chi connectivity index (χ3n) is 15.5. The lowest BCUT2D eigenvalue weighted by Gasteiger charge is -2.41. The summed E-state index contributed by atoms with van der Waals surface area (Å²) in [6.07, 6.45) is 0. The molecule has 13 aromatic rings. The van der Waals surface area contributed by atoms with Gasteiger partial charge in [0.2, 0.25) is 0 Å². The third-order valence-corrected chi connectivity index (χ3v) is 16.6.